The summed E-state index contributed by atoms with van der Waals surface area (Å²) >= 11 is 0. The number of rotatable bonds is 12. The van der Waals surface area contributed by atoms with Crippen LogP contribution >= 0.6 is 0 Å². The van der Waals surface area contributed by atoms with Crippen LogP contribution in [0.5, 0.6) is 0 Å². The Bertz CT molecular complexity index is 134. The van der Waals surface area contributed by atoms with Crippen molar-refractivity contribution in [2.24, 2.45) is 11.8 Å². The van der Waals surface area contributed by atoms with E-state index >= 15 is 0 Å². The summed E-state index contributed by atoms with van der Waals surface area (Å²) in [5.74, 6) is 1.58. The maximum Gasteiger partial charge on any atom is 0.0494 e. The Hall–Kier alpha value is 1.60. The first-order chi connectivity index (χ1) is 8.28. The summed E-state index contributed by atoms with van der Waals surface area (Å²) in [6, 6.07) is 0. The SMILES string of the molecule is CCCCC(CC)COCC(CC)CCCC.[K]. The van der Waals surface area contributed by atoms with Gasteiger partial charge in [0, 0.05) is 64.6 Å². The predicted octanol–water partition coefficient (Wildman–Crippen LogP) is 5.06. The third kappa shape index (κ3) is 12.6. The van der Waals surface area contributed by atoms with E-state index in [0.29, 0.717) is 0 Å². The molecule has 0 bridgehead atoms. The minimum Gasteiger partial charge on any atom is -0.381 e. The minimum absolute atomic E-state index is 0. The van der Waals surface area contributed by atoms with Crippen molar-refractivity contribution in [2.75, 3.05) is 13.2 Å². The molecule has 0 N–H and O–H groups in total. The number of hydrogen-bond acceptors (Lipinski definition) is 1. The van der Waals surface area contributed by atoms with Crippen LogP contribution < -0.4 is 0 Å². The van der Waals surface area contributed by atoms with E-state index < -0.39 is 0 Å². The summed E-state index contributed by atoms with van der Waals surface area (Å²) in [6.07, 6.45) is 10.6. The molecule has 0 fully saturated rings. The van der Waals surface area contributed by atoms with Crippen molar-refractivity contribution in [1.82, 2.24) is 0 Å². The molecule has 105 valence electrons. The van der Waals surface area contributed by atoms with Gasteiger partial charge in [0.2, 0.25) is 0 Å². The van der Waals surface area contributed by atoms with E-state index in [4.69, 9.17) is 4.74 Å². The van der Waals surface area contributed by atoms with Gasteiger partial charge in [-0.2, -0.15) is 0 Å². The van der Waals surface area contributed by atoms with Crippen molar-refractivity contribution in [2.45, 2.75) is 79.1 Å². The second-order valence-corrected chi connectivity index (χ2v) is 5.37. The second-order valence-electron chi connectivity index (χ2n) is 5.37. The van der Waals surface area contributed by atoms with Gasteiger partial charge in [0.1, 0.15) is 0 Å². The Labute approximate surface area is 158 Å². The van der Waals surface area contributed by atoms with Gasteiger partial charge in [0.15, 0.2) is 0 Å². The van der Waals surface area contributed by atoms with Crippen LogP contribution in [0.4, 0.5) is 0 Å². The zero-order valence-corrected chi connectivity index (χ0v) is 16.8. The molecule has 1 nitrogen and oxygen atoms in total. The first kappa shape index (κ1) is 21.9. The molecule has 2 heteroatoms. The molecule has 2 unspecified atom stereocenters. The van der Waals surface area contributed by atoms with Crippen LogP contribution in [-0.4, -0.2) is 64.6 Å². The fourth-order valence-corrected chi connectivity index (χ4v) is 2.20. The molecule has 1 radical (unpaired) electrons. The van der Waals surface area contributed by atoms with E-state index in [1.54, 1.807) is 0 Å². The van der Waals surface area contributed by atoms with Crippen LogP contribution in [0.2, 0.25) is 0 Å². The van der Waals surface area contributed by atoms with Crippen molar-refractivity contribution in [1.29, 1.82) is 0 Å². The van der Waals surface area contributed by atoms with Crippen molar-refractivity contribution < 1.29 is 4.74 Å². The number of ether oxygens (including phenoxy) is 1. The second kappa shape index (κ2) is 16.7. The summed E-state index contributed by atoms with van der Waals surface area (Å²) in [5, 5.41) is 0. The molecule has 0 aliphatic rings. The Kier molecular flexibility index (Phi) is 20.2. The molecular weight excluding hydrogens is 247 g/mol. The van der Waals surface area contributed by atoms with Gasteiger partial charge >= 0.3 is 0 Å². The molecule has 0 saturated carbocycles. The quantitative estimate of drug-likeness (QED) is 0.455. The first-order valence-electron chi connectivity index (χ1n) is 7.86. The molecule has 0 aromatic heterocycles. The van der Waals surface area contributed by atoms with Crippen LogP contribution in [0, 0.1) is 11.8 Å². The number of unbranched alkanes of at least 4 members (excludes halogenated alkanes) is 2. The van der Waals surface area contributed by atoms with Gasteiger partial charge in [0.25, 0.3) is 0 Å². The maximum atomic E-state index is 5.93. The Morgan fingerprint density at radius 3 is 1.39 bits per heavy atom. The van der Waals surface area contributed by atoms with E-state index in [1.165, 1.54) is 51.4 Å². The van der Waals surface area contributed by atoms with Gasteiger partial charge in [-0.1, -0.05) is 66.2 Å². The van der Waals surface area contributed by atoms with Gasteiger partial charge in [0.05, 0.1) is 0 Å². The summed E-state index contributed by atoms with van der Waals surface area (Å²) in [7, 11) is 0. The molecule has 18 heavy (non-hydrogen) atoms. The Morgan fingerprint density at radius 2 is 1.11 bits per heavy atom. The fraction of sp³-hybridized carbons (Fsp3) is 1.00. The number of hydrogen-bond donors (Lipinski definition) is 0. The molecular formula is C16H34KO. The van der Waals surface area contributed by atoms with E-state index in [-0.39, 0.29) is 51.4 Å². The zero-order chi connectivity index (χ0) is 12.9. The zero-order valence-electron chi connectivity index (χ0n) is 13.6. The van der Waals surface area contributed by atoms with E-state index in [2.05, 4.69) is 27.7 Å². The molecule has 0 spiro atoms. The topological polar surface area (TPSA) is 9.23 Å². The van der Waals surface area contributed by atoms with Gasteiger partial charge in [-0.3, -0.25) is 0 Å². The largest absolute Gasteiger partial charge is 0.381 e. The molecule has 0 aromatic carbocycles. The molecule has 0 heterocycles. The maximum absolute atomic E-state index is 5.93. The molecule has 0 aliphatic heterocycles. The van der Waals surface area contributed by atoms with E-state index in [1.807, 2.05) is 0 Å². The molecule has 2 atom stereocenters. The fourth-order valence-electron chi connectivity index (χ4n) is 2.20. The third-order valence-corrected chi connectivity index (χ3v) is 3.79. The van der Waals surface area contributed by atoms with Crippen molar-refractivity contribution in [3.05, 3.63) is 0 Å². The summed E-state index contributed by atoms with van der Waals surface area (Å²) in [5.41, 5.74) is 0. The van der Waals surface area contributed by atoms with Crippen LogP contribution in [0.25, 0.3) is 0 Å². The van der Waals surface area contributed by atoms with Crippen LogP contribution in [0.1, 0.15) is 79.1 Å². The molecule has 0 rings (SSSR count). The Balaban J connectivity index is 0. The van der Waals surface area contributed by atoms with Crippen molar-refractivity contribution >= 4 is 51.4 Å². The van der Waals surface area contributed by atoms with Gasteiger partial charge in [-0.25, -0.2) is 0 Å². The van der Waals surface area contributed by atoms with Crippen molar-refractivity contribution in [3.63, 3.8) is 0 Å². The molecule has 0 aliphatic carbocycles. The molecule has 0 aromatic rings. The van der Waals surface area contributed by atoms with Gasteiger partial charge in [-0.05, 0) is 24.7 Å². The van der Waals surface area contributed by atoms with Gasteiger partial charge in [-0.15, -0.1) is 0 Å². The average molecular weight is 282 g/mol. The smallest absolute Gasteiger partial charge is 0.0494 e. The third-order valence-electron chi connectivity index (χ3n) is 3.79. The monoisotopic (exact) mass is 281 g/mol. The van der Waals surface area contributed by atoms with Crippen LogP contribution in [0.15, 0.2) is 0 Å². The minimum atomic E-state index is 0. The first-order valence-corrected chi connectivity index (χ1v) is 7.86. The van der Waals surface area contributed by atoms with Crippen LogP contribution in [0.3, 0.4) is 0 Å². The van der Waals surface area contributed by atoms with E-state index in [0.717, 1.165) is 25.0 Å². The standard InChI is InChI=1S/C16H34O.K/c1-5-9-11-15(7-3)13-17-14-16(8-4)12-10-6-2;/h15-16H,5-14H2,1-4H3;. The van der Waals surface area contributed by atoms with Crippen LogP contribution in [-0.2, 0) is 4.74 Å². The summed E-state index contributed by atoms with van der Waals surface area (Å²) < 4.78 is 5.93. The summed E-state index contributed by atoms with van der Waals surface area (Å²) in [4.78, 5) is 0. The normalized spacial score (nSPS) is 14.0. The Morgan fingerprint density at radius 1 is 0.722 bits per heavy atom. The predicted molar refractivity (Wildman–Crippen MR) is 83.2 cm³/mol. The van der Waals surface area contributed by atoms with E-state index in [9.17, 15) is 0 Å². The molecule has 0 amide bonds. The average Bonchev–Trinajstić information content (AvgIpc) is 2.37. The summed E-state index contributed by atoms with van der Waals surface area (Å²) in [6.45, 7) is 11.1. The van der Waals surface area contributed by atoms with Gasteiger partial charge < -0.3 is 4.74 Å². The van der Waals surface area contributed by atoms with Crippen molar-refractivity contribution in [3.8, 4) is 0 Å². The molecule has 0 saturated heterocycles.